The molecule has 0 spiro atoms. The number of carbonyl (C=O) groups excluding carboxylic acids is 2. The van der Waals surface area contributed by atoms with Crippen molar-refractivity contribution < 1.29 is 27.5 Å². The highest BCUT2D eigenvalue weighted by atomic mass is 32.2. The first-order valence-electron chi connectivity index (χ1n) is 9.53. The zero-order valence-electron chi connectivity index (χ0n) is 16.1. The lowest BCUT2D eigenvalue weighted by Crippen LogP contribution is -2.42. The van der Waals surface area contributed by atoms with Crippen LogP contribution in [0.3, 0.4) is 0 Å². The van der Waals surface area contributed by atoms with E-state index in [9.17, 15) is 18.0 Å². The molecule has 0 aromatic heterocycles. The van der Waals surface area contributed by atoms with E-state index >= 15 is 0 Å². The molecule has 28 heavy (non-hydrogen) atoms. The van der Waals surface area contributed by atoms with Crippen LogP contribution in [0, 0.1) is 6.92 Å². The summed E-state index contributed by atoms with van der Waals surface area (Å²) < 4.78 is 37.7. The third-order valence-corrected chi connectivity index (χ3v) is 7.09. The lowest BCUT2D eigenvalue weighted by Gasteiger charge is -2.27. The minimum Gasteiger partial charge on any atom is -0.452 e. The van der Waals surface area contributed by atoms with Crippen molar-refractivity contribution in [3.63, 3.8) is 0 Å². The van der Waals surface area contributed by atoms with Crippen molar-refractivity contribution in [2.75, 3.05) is 46.0 Å². The number of hydrogen-bond acceptors (Lipinski definition) is 6. The Morgan fingerprint density at radius 3 is 2.43 bits per heavy atom. The van der Waals surface area contributed by atoms with Gasteiger partial charge in [-0.25, -0.2) is 13.2 Å². The summed E-state index contributed by atoms with van der Waals surface area (Å²) in [5.41, 5.74) is 0.697. The van der Waals surface area contributed by atoms with Gasteiger partial charge in [-0.3, -0.25) is 4.79 Å². The lowest BCUT2D eigenvalue weighted by atomic mass is 10.1. The van der Waals surface area contributed by atoms with Crippen LogP contribution >= 0.6 is 0 Å². The van der Waals surface area contributed by atoms with Crippen LogP contribution in [0.15, 0.2) is 23.1 Å². The second-order valence-electron chi connectivity index (χ2n) is 7.01. The van der Waals surface area contributed by atoms with Crippen LogP contribution in [0.1, 0.15) is 35.2 Å². The highest BCUT2D eigenvalue weighted by molar-refractivity contribution is 7.89. The number of carbonyl (C=O) groups is 2. The van der Waals surface area contributed by atoms with Gasteiger partial charge in [0.25, 0.3) is 5.91 Å². The number of ether oxygens (including phenoxy) is 2. The first-order chi connectivity index (χ1) is 13.4. The molecule has 154 valence electrons. The maximum Gasteiger partial charge on any atom is 0.338 e. The molecule has 8 nitrogen and oxygen atoms in total. The predicted molar refractivity (Wildman–Crippen MR) is 101 cm³/mol. The number of sulfonamides is 1. The van der Waals surface area contributed by atoms with Crippen LogP contribution in [0.4, 0.5) is 0 Å². The first kappa shape index (κ1) is 20.8. The summed E-state index contributed by atoms with van der Waals surface area (Å²) in [7, 11) is -3.66. The summed E-state index contributed by atoms with van der Waals surface area (Å²) in [5.74, 6) is -0.998. The van der Waals surface area contributed by atoms with Crippen LogP contribution in [-0.2, 0) is 24.3 Å². The van der Waals surface area contributed by atoms with Crippen molar-refractivity contribution in [1.29, 1.82) is 0 Å². The minimum absolute atomic E-state index is 0.114. The standard InChI is InChI=1S/C19H26N2O6S/c1-15-5-6-16(13-17(15)28(24,25)21-7-3-2-4-8-21)19(23)27-14-18(22)20-9-11-26-12-10-20/h5-6,13H,2-4,7-12,14H2,1H3. The SMILES string of the molecule is Cc1ccc(C(=O)OCC(=O)N2CCOCC2)cc1S(=O)(=O)N1CCCCC1. The Morgan fingerprint density at radius 1 is 1.07 bits per heavy atom. The summed E-state index contributed by atoms with van der Waals surface area (Å²) in [5, 5.41) is 0. The van der Waals surface area contributed by atoms with E-state index in [1.165, 1.54) is 16.4 Å². The Hall–Kier alpha value is -1.97. The lowest BCUT2D eigenvalue weighted by molar-refractivity contribution is -0.138. The number of morpholine rings is 1. The molecule has 0 saturated carbocycles. The molecule has 3 rings (SSSR count). The van der Waals surface area contributed by atoms with Gasteiger partial charge in [0.05, 0.1) is 23.7 Å². The molecule has 0 radical (unpaired) electrons. The first-order valence-corrected chi connectivity index (χ1v) is 11.0. The zero-order valence-corrected chi connectivity index (χ0v) is 16.9. The number of benzene rings is 1. The van der Waals surface area contributed by atoms with Gasteiger partial charge in [-0.2, -0.15) is 4.31 Å². The number of hydrogen-bond donors (Lipinski definition) is 0. The number of esters is 1. The van der Waals surface area contributed by atoms with Crippen LogP contribution in [0.25, 0.3) is 0 Å². The van der Waals surface area contributed by atoms with Gasteiger partial charge in [0.1, 0.15) is 0 Å². The van der Waals surface area contributed by atoms with E-state index in [1.807, 2.05) is 0 Å². The highest BCUT2D eigenvalue weighted by Gasteiger charge is 2.28. The molecule has 0 N–H and O–H groups in total. The van der Waals surface area contributed by atoms with Gasteiger partial charge >= 0.3 is 5.97 Å². The van der Waals surface area contributed by atoms with Gasteiger partial charge in [-0.1, -0.05) is 12.5 Å². The molecule has 2 heterocycles. The molecule has 0 aliphatic carbocycles. The van der Waals surface area contributed by atoms with Gasteiger partial charge in [0.15, 0.2) is 6.61 Å². The van der Waals surface area contributed by atoms with Crippen LogP contribution in [-0.4, -0.2) is 75.5 Å². The Kier molecular flexibility index (Phi) is 6.69. The Balaban J connectivity index is 1.69. The number of nitrogens with zero attached hydrogens (tertiary/aromatic N) is 2. The molecule has 1 amide bonds. The smallest absolute Gasteiger partial charge is 0.338 e. The van der Waals surface area contributed by atoms with Crippen molar-refractivity contribution in [3.05, 3.63) is 29.3 Å². The summed E-state index contributed by atoms with van der Waals surface area (Å²) >= 11 is 0. The van der Waals surface area contributed by atoms with Gasteiger partial charge in [-0.15, -0.1) is 0 Å². The van der Waals surface area contributed by atoms with Gasteiger partial charge in [0.2, 0.25) is 10.0 Å². The Labute approximate surface area is 165 Å². The molecule has 1 aromatic rings. The second kappa shape index (κ2) is 9.02. The average Bonchev–Trinajstić information content (AvgIpc) is 2.73. The molecule has 0 unspecified atom stereocenters. The topological polar surface area (TPSA) is 93.2 Å². The van der Waals surface area contributed by atoms with Crippen molar-refractivity contribution in [1.82, 2.24) is 9.21 Å². The third kappa shape index (κ3) is 4.71. The number of aryl methyl sites for hydroxylation is 1. The molecule has 2 saturated heterocycles. The molecule has 2 aliphatic heterocycles. The molecule has 2 fully saturated rings. The normalized spacial score (nSPS) is 18.7. The predicted octanol–water partition coefficient (Wildman–Crippen LogP) is 1.19. The van der Waals surface area contributed by atoms with Crippen molar-refractivity contribution in [3.8, 4) is 0 Å². The summed E-state index contributed by atoms with van der Waals surface area (Å²) in [4.78, 5) is 26.2. The summed E-state index contributed by atoms with van der Waals surface area (Å²) in [6, 6.07) is 4.46. The monoisotopic (exact) mass is 410 g/mol. The maximum absolute atomic E-state index is 13.0. The van der Waals surface area contributed by atoms with E-state index in [0.29, 0.717) is 45.0 Å². The van der Waals surface area contributed by atoms with E-state index in [4.69, 9.17) is 9.47 Å². The van der Waals surface area contributed by atoms with E-state index in [2.05, 4.69) is 0 Å². The quantitative estimate of drug-likeness (QED) is 0.677. The third-order valence-electron chi connectivity index (χ3n) is 5.05. The molecule has 0 atom stereocenters. The van der Waals surface area contributed by atoms with Crippen molar-refractivity contribution in [2.24, 2.45) is 0 Å². The highest BCUT2D eigenvalue weighted by Crippen LogP contribution is 2.24. The molecule has 0 bridgehead atoms. The van der Waals surface area contributed by atoms with Crippen molar-refractivity contribution in [2.45, 2.75) is 31.1 Å². The van der Waals surface area contributed by atoms with E-state index in [-0.39, 0.29) is 23.0 Å². The van der Waals surface area contributed by atoms with Crippen LogP contribution in [0.2, 0.25) is 0 Å². The van der Waals surface area contributed by atoms with Gasteiger partial charge < -0.3 is 14.4 Å². The fourth-order valence-electron chi connectivity index (χ4n) is 3.36. The molecule has 2 aliphatic rings. The molecule has 1 aromatic carbocycles. The minimum atomic E-state index is -3.66. The Bertz CT molecular complexity index is 827. The van der Waals surface area contributed by atoms with E-state index in [1.54, 1.807) is 17.9 Å². The fourth-order valence-corrected chi connectivity index (χ4v) is 5.13. The van der Waals surface area contributed by atoms with Crippen molar-refractivity contribution >= 4 is 21.9 Å². The average molecular weight is 410 g/mol. The number of piperidine rings is 1. The number of rotatable bonds is 5. The van der Waals surface area contributed by atoms with Gasteiger partial charge in [0, 0.05) is 26.2 Å². The summed E-state index contributed by atoms with van der Waals surface area (Å²) in [6.07, 6.45) is 2.70. The molecule has 9 heteroatoms. The van der Waals surface area contributed by atoms with Gasteiger partial charge in [-0.05, 0) is 37.5 Å². The second-order valence-corrected chi connectivity index (χ2v) is 8.92. The molecular formula is C19H26N2O6S. The number of amides is 1. The Morgan fingerprint density at radius 2 is 1.75 bits per heavy atom. The van der Waals surface area contributed by atoms with Crippen LogP contribution < -0.4 is 0 Å². The largest absolute Gasteiger partial charge is 0.452 e. The van der Waals surface area contributed by atoms with E-state index in [0.717, 1.165) is 19.3 Å². The maximum atomic E-state index is 13.0. The zero-order chi connectivity index (χ0) is 20.1. The summed E-state index contributed by atoms with van der Waals surface area (Å²) in [6.45, 7) is 4.19. The molecular weight excluding hydrogens is 384 g/mol. The van der Waals surface area contributed by atoms with Crippen LogP contribution in [0.5, 0.6) is 0 Å². The van der Waals surface area contributed by atoms with E-state index < -0.39 is 16.0 Å². The fraction of sp³-hybridized carbons (Fsp3) is 0.579.